The number of rotatable bonds is 5. The summed E-state index contributed by atoms with van der Waals surface area (Å²) in [5, 5.41) is 3.05. The van der Waals surface area contributed by atoms with Gasteiger partial charge in [-0.1, -0.05) is 25.8 Å². The first-order chi connectivity index (χ1) is 9.70. The van der Waals surface area contributed by atoms with Gasteiger partial charge < -0.3 is 15.8 Å². The highest BCUT2D eigenvalue weighted by Gasteiger charge is 2.23. The van der Waals surface area contributed by atoms with Gasteiger partial charge in [0, 0.05) is 17.6 Å². The Kier molecular flexibility index (Phi) is 5.41. The molecule has 3 N–H and O–H groups in total. The molecule has 0 spiro atoms. The van der Waals surface area contributed by atoms with Crippen molar-refractivity contribution < 1.29 is 9.53 Å². The predicted octanol–water partition coefficient (Wildman–Crippen LogP) is 2.48. The fourth-order valence-corrected chi connectivity index (χ4v) is 2.54. The maximum absolute atomic E-state index is 12.3. The molecule has 1 aliphatic rings. The normalized spacial score (nSPS) is 22.3. The van der Waals surface area contributed by atoms with Crippen LogP contribution in [-0.4, -0.2) is 24.6 Å². The Morgan fingerprint density at radius 1 is 1.40 bits per heavy atom. The van der Waals surface area contributed by atoms with Crippen molar-refractivity contribution in [2.75, 3.05) is 6.61 Å². The summed E-state index contributed by atoms with van der Waals surface area (Å²) in [5.41, 5.74) is 6.70. The van der Waals surface area contributed by atoms with Crippen LogP contribution in [0, 0.1) is 0 Å². The van der Waals surface area contributed by atoms with Gasteiger partial charge >= 0.3 is 0 Å². The number of ether oxygens (including phenoxy) is 1. The van der Waals surface area contributed by atoms with Gasteiger partial charge in [0.15, 0.2) is 0 Å². The van der Waals surface area contributed by atoms with Gasteiger partial charge in [-0.15, -0.1) is 0 Å². The van der Waals surface area contributed by atoms with Gasteiger partial charge in [-0.25, -0.2) is 0 Å². The average molecular weight is 276 g/mol. The molecule has 1 amide bonds. The molecule has 1 aromatic carbocycles. The minimum Gasteiger partial charge on any atom is -0.494 e. The van der Waals surface area contributed by atoms with Crippen molar-refractivity contribution in [3.8, 4) is 5.75 Å². The summed E-state index contributed by atoms with van der Waals surface area (Å²) in [6.45, 7) is 2.72. The van der Waals surface area contributed by atoms with Crippen LogP contribution in [0.4, 0.5) is 0 Å². The fourth-order valence-electron chi connectivity index (χ4n) is 2.54. The summed E-state index contributed by atoms with van der Waals surface area (Å²) in [4.78, 5) is 12.3. The third-order valence-electron chi connectivity index (χ3n) is 3.70. The van der Waals surface area contributed by atoms with Crippen molar-refractivity contribution in [2.24, 2.45) is 5.73 Å². The molecule has 20 heavy (non-hydrogen) atoms. The highest BCUT2D eigenvalue weighted by molar-refractivity contribution is 5.94. The smallest absolute Gasteiger partial charge is 0.251 e. The van der Waals surface area contributed by atoms with E-state index in [9.17, 15) is 4.79 Å². The Balaban J connectivity index is 1.97. The third kappa shape index (κ3) is 3.97. The zero-order chi connectivity index (χ0) is 14.4. The van der Waals surface area contributed by atoms with Gasteiger partial charge in [0.2, 0.25) is 0 Å². The summed E-state index contributed by atoms with van der Waals surface area (Å²) in [6.07, 6.45) is 5.21. The molecule has 0 aromatic heterocycles. The molecule has 0 radical (unpaired) electrons. The van der Waals surface area contributed by atoms with E-state index in [1.54, 1.807) is 6.07 Å². The van der Waals surface area contributed by atoms with Crippen LogP contribution in [-0.2, 0) is 0 Å². The zero-order valence-corrected chi connectivity index (χ0v) is 12.1. The van der Waals surface area contributed by atoms with E-state index in [2.05, 4.69) is 12.2 Å². The first-order valence-corrected chi connectivity index (χ1v) is 7.50. The number of hydrogen-bond donors (Lipinski definition) is 2. The Hall–Kier alpha value is -1.55. The van der Waals surface area contributed by atoms with Crippen molar-refractivity contribution >= 4 is 5.91 Å². The maximum Gasteiger partial charge on any atom is 0.251 e. The van der Waals surface area contributed by atoms with Gasteiger partial charge in [0.05, 0.1) is 6.61 Å². The number of hydrogen-bond acceptors (Lipinski definition) is 3. The molecule has 4 nitrogen and oxygen atoms in total. The number of benzene rings is 1. The molecule has 0 heterocycles. The molecule has 110 valence electrons. The van der Waals surface area contributed by atoms with Gasteiger partial charge in [0.25, 0.3) is 5.91 Å². The molecule has 1 aliphatic carbocycles. The largest absolute Gasteiger partial charge is 0.494 e. The summed E-state index contributed by atoms with van der Waals surface area (Å²) >= 11 is 0. The first kappa shape index (κ1) is 14.9. The zero-order valence-electron chi connectivity index (χ0n) is 12.1. The molecule has 1 aromatic rings. The van der Waals surface area contributed by atoms with E-state index in [1.807, 2.05) is 18.2 Å². The van der Waals surface area contributed by atoms with Crippen LogP contribution >= 0.6 is 0 Å². The number of carbonyl (C=O) groups excluding carboxylic acids is 1. The highest BCUT2D eigenvalue weighted by atomic mass is 16.5. The lowest BCUT2D eigenvalue weighted by molar-refractivity contribution is 0.0921. The van der Waals surface area contributed by atoms with Crippen LogP contribution in [0.1, 0.15) is 49.4 Å². The first-order valence-electron chi connectivity index (χ1n) is 7.50. The van der Waals surface area contributed by atoms with E-state index < -0.39 is 0 Å². The van der Waals surface area contributed by atoms with Crippen molar-refractivity contribution in [1.82, 2.24) is 5.32 Å². The Bertz CT molecular complexity index is 448. The molecule has 4 heteroatoms. The van der Waals surface area contributed by atoms with E-state index in [-0.39, 0.29) is 18.0 Å². The van der Waals surface area contributed by atoms with E-state index in [0.717, 1.165) is 37.9 Å². The standard InChI is InChI=1S/C16H24N2O2/c1-2-10-20-13-7-5-6-12(11-13)16(19)18-15-9-4-3-8-14(15)17/h5-7,11,14-15H,2-4,8-10,17H2,1H3,(H,18,19)/t14-,15-/m1/s1. The number of amides is 1. The summed E-state index contributed by atoms with van der Waals surface area (Å²) < 4.78 is 5.55. The second kappa shape index (κ2) is 7.29. The topological polar surface area (TPSA) is 64.3 Å². The highest BCUT2D eigenvalue weighted by Crippen LogP contribution is 2.18. The third-order valence-corrected chi connectivity index (χ3v) is 3.70. The molecule has 0 saturated heterocycles. The van der Waals surface area contributed by atoms with Crippen LogP contribution < -0.4 is 15.8 Å². The van der Waals surface area contributed by atoms with Crippen LogP contribution in [0.15, 0.2) is 24.3 Å². The van der Waals surface area contributed by atoms with Crippen LogP contribution in [0.5, 0.6) is 5.75 Å². The van der Waals surface area contributed by atoms with Gasteiger partial charge in [-0.05, 0) is 37.5 Å². The monoisotopic (exact) mass is 276 g/mol. The minimum absolute atomic E-state index is 0.0608. The molecule has 1 fully saturated rings. The number of carbonyl (C=O) groups is 1. The lowest BCUT2D eigenvalue weighted by Gasteiger charge is -2.29. The maximum atomic E-state index is 12.3. The van der Waals surface area contributed by atoms with Crippen molar-refractivity contribution in [1.29, 1.82) is 0 Å². The molecule has 0 bridgehead atoms. The fraction of sp³-hybridized carbons (Fsp3) is 0.562. The molecular formula is C16H24N2O2. The summed E-state index contributed by atoms with van der Waals surface area (Å²) in [7, 11) is 0. The Morgan fingerprint density at radius 2 is 2.20 bits per heavy atom. The van der Waals surface area contributed by atoms with Gasteiger partial charge in [0.1, 0.15) is 5.75 Å². The van der Waals surface area contributed by atoms with Gasteiger partial charge in [-0.2, -0.15) is 0 Å². The molecule has 0 aliphatic heterocycles. The van der Waals surface area contributed by atoms with E-state index in [1.165, 1.54) is 0 Å². The van der Waals surface area contributed by atoms with Crippen LogP contribution in [0.3, 0.4) is 0 Å². The number of nitrogens with two attached hydrogens (primary N) is 1. The summed E-state index contributed by atoms with van der Waals surface area (Å²) in [5.74, 6) is 0.682. The van der Waals surface area contributed by atoms with Crippen LogP contribution in [0.2, 0.25) is 0 Å². The molecule has 2 atom stereocenters. The Labute approximate surface area is 120 Å². The lowest BCUT2D eigenvalue weighted by Crippen LogP contribution is -2.49. The van der Waals surface area contributed by atoms with E-state index in [4.69, 9.17) is 10.5 Å². The van der Waals surface area contributed by atoms with Crippen molar-refractivity contribution in [3.05, 3.63) is 29.8 Å². The second-order valence-corrected chi connectivity index (χ2v) is 5.40. The molecule has 1 saturated carbocycles. The average Bonchev–Trinajstić information content (AvgIpc) is 2.48. The number of nitrogens with one attached hydrogen (secondary N) is 1. The van der Waals surface area contributed by atoms with Gasteiger partial charge in [-0.3, -0.25) is 4.79 Å². The molecule has 0 unspecified atom stereocenters. The Morgan fingerprint density at radius 3 is 2.95 bits per heavy atom. The summed E-state index contributed by atoms with van der Waals surface area (Å²) in [6, 6.07) is 7.49. The quantitative estimate of drug-likeness (QED) is 0.868. The minimum atomic E-state index is -0.0608. The molecule has 2 rings (SSSR count). The molecular weight excluding hydrogens is 252 g/mol. The lowest BCUT2D eigenvalue weighted by atomic mass is 9.91. The van der Waals surface area contributed by atoms with E-state index in [0.29, 0.717) is 12.2 Å². The van der Waals surface area contributed by atoms with E-state index >= 15 is 0 Å². The second-order valence-electron chi connectivity index (χ2n) is 5.40. The SMILES string of the molecule is CCCOc1cccc(C(=O)N[C@@H]2CCCC[C@H]2N)c1. The van der Waals surface area contributed by atoms with Crippen molar-refractivity contribution in [3.63, 3.8) is 0 Å². The van der Waals surface area contributed by atoms with Crippen LogP contribution in [0.25, 0.3) is 0 Å². The predicted molar refractivity (Wildman–Crippen MR) is 79.9 cm³/mol. The van der Waals surface area contributed by atoms with Crippen molar-refractivity contribution in [2.45, 2.75) is 51.1 Å².